The molecule has 1 aromatic rings. The lowest BCUT2D eigenvalue weighted by Crippen LogP contribution is -2.28. The minimum atomic E-state index is -4.21. The molecule has 21 heavy (non-hydrogen) atoms. The Morgan fingerprint density at radius 3 is 2.05 bits per heavy atom. The monoisotopic (exact) mass is 300 g/mol. The van der Waals surface area contributed by atoms with Crippen LogP contribution in [0, 0.1) is 0 Å². The lowest BCUT2D eigenvalue weighted by Gasteiger charge is -2.21. The van der Waals surface area contributed by atoms with E-state index in [1.165, 1.54) is 12.1 Å². The number of alkyl halides is 3. The molecule has 1 aliphatic rings. The Morgan fingerprint density at radius 1 is 1.14 bits per heavy atom. The second-order valence-corrected chi connectivity index (χ2v) is 6.54. The molecule has 0 atom stereocenters. The normalized spacial score (nSPS) is 17.4. The van der Waals surface area contributed by atoms with E-state index in [1.807, 2.05) is 0 Å². The Balaban J connectivity index is 2.05. The van der Waals surface area contributed by atoms with Crippen molar-refractivity contribution >= 4 is 5.97 Å². The Labute approximate surface area is 122 Å². The van der Waals surface area contributed by atoms with Crippen LogP contribution >= 0.6 is 0 Å². The highest BCUT2D eigenvalue weighted by Gasteiger charge is 2.64. The van der Waals surface area contributed by atoms with E-state index in [4.69, 9.17) is 4.74 Å². The number of rotatable bonds is 3. The molecule has 5 heteroatoms. The van der Waals surface area contributed by atoms with Crippen molar-refractivity contribution in [2.24, 2.45) is 0 Å². The maximum Gasteiger partial charge on any atom is 0.398 e. The van der Waals surface area contributed by atoms with Gasteiger partial charge in [-0.25, -0.2) is 0 Å². The zero-order valence-corrected chi connectivity index (χ0v) is 12.4. The van der Waals surface area contributed by atoms with Crippen LogP contribution in [0.1, 0.15) is 44.7 Å². The lowest BCUT2D eigenvalue weighted by molar-refractivity contribution is -0.160. The van der Waals surface area contributed by atoms with E-state index in [9.17, 15) is 18.0 Å². The summed E-state index contributed by atoms with van der Waals surface area (Å²) in [5.74, 6) is -0.382. The first kappa shape index (κ1) is 15.9. The Morgan fingerprint density at radius 2 is 1.67 bits per heavy atom. The van der Waals surface area contributed by atoms with Crippen LogP contribution in [0.25, 0.3) is 0 Å². The van der Waals surface area contributed by atoms with Crippen molar-refractivity contribution in [2.45, 2.75) is 57.2 Å². The van der Waals surface area contributed by atoms with Crippen molar-refractivity contribution in [2.75, 3.05) is 0 Å². The third-order valence-corrected chi connectivity index (χ3v) is 3.57. The molecule has 1 aromatic carbocycles. The molecule has 2 nitrogen and oxygen atoms in total. The van der Waals surface area contributed by atoms with Gasteiger partial charge >= 0.3 is 12.1 Å². The van der Waals surface area contributed by atoms with Gasteiger partial charge in [0, 0.05) is 0 Å². The third kappa shape index (κ3) is 3.57. The molecule has 0 radical (unpaired) electrons. The van der Waals surface area contributed by atoms with Crippen LogP contribution in [-0.2, 0) is 21.4 Å². The van der Waals surface area contributed by atoms with Crippen molar-refractivity contribution in [1.82, 2.24) is 0 Å². The maximum atomic E-state index is 13.0. The quantitative estimate of drug-likeness (QED) is 0.783. The van der Waals surface area contributed by atoms with Gasteiger partial charge in [-0.1, -0.05) is 24.3 Å². The van der Waals surface area contributed by atoms with Crippen LogP contribution in [0.5, 0.6) is 0 Å². The number of halogens is 3. The van der Waals surface area contributed by atoms with Gasteiger partial charge in [0.05, 0.1) is 11.8 Å². The number of carbonyl (C=O) groups is 1. The van der Waals surface area contributed by atoms with Crippen molar-refractivity contribution in [3.8, 4) is 0 Å². The summed E-state index contributed by atoms with van der Waals surface area (Å²) < 4.78 is 44.2. The Kier molecular flexibility index (Phi) is 3.80. The largest absolute Gasteiger partial charge is 0.460 e. The number of hydrogen-bond acceptors (Lipinski definition) is 2. The van der Waals surface area contributed by atoms with Crippen LogP contribution in [0.4, 0.5) is 13.2 Å². The summed E-state index contributed by atoms with van der Waals surface area (Å²) in [6, 6.07) is 6.09. The molecule has 1 saturated carbocycles. The van der Waals surface area contributed by atoms with Crippen molar-refractivity contribution in [1.29, 1.82) is 0 Å². The first-order chi connectivity index (χ1) is 9.53. The molecule has 0 N–H and O–H groups in total. The molecule has 0 saturated heterocycles. The molecule has 116 valence electrons. The van der Waals surface area contributed by atoms with Gasteiger partial charge in [0.1, 0.15) is 5.60 Å². The fraction of sp³-hybridized carbons (Fsp3) is 0.562. The molecule has 0 aliphatic heterocycles. The Bertz CT molecular complexity index is 520. The first-order valence-corrected chi connectivity index (χ1v) is 6.91. The van der Waals surface area contributed by atoms with Gasteiger partial charge in [0.15, 0.2) is 0 Å². The number of carbonyl (C=O) groups excluding carboxylic acids is 1. The van der Waals surface area contributed by atoms with E-state index >= 15 is 0 Å². The van der Waals surface area contributed by atoms with Gasteiger partial charge in [-0.3, -0.25) is 4.79 Å². The van der Waals surface area contributed by atoms with Crippen LogP contribution in [0.3, 0.4) is 0 Å². The summed E-state index contributed by atoms with van der Waals surface area (Å²) in [5.41, 5.74) is -1.29. The minimum absolute atomic E-state index is 0.0660. The highest BCUT2D eigenvalue weighted by Crippen LogP contribution is 2.58. The summed E-state index contributed by atoms with van der Waals surface area (Å²) in [5, 5.41) is 0. The molecule has 1 fully saturated rings. The van der Waals surface area contributed by atoms with E-state index < -0.39 is 17.2 Å². The topological polar surface area (TPSA) is 26.3 Å². The summed E-state index contributed by atoms with van der Waals surface area (Å²) in [7, 11) is 0. The summed E-state index contributed by atoms with van der Waals surface area (Å²) in [4.78, 5) is 11.7. The Hall–Kier alpha value is -1.52. The van der Waals surface area contributed by atoms with Gasteiger partial charge in [0.25, 0.3) is 0 Å². The highest BCUT2D eigenvalue weighted by atomic mass is 19.4. The average molecular weight is 300 g/mol. The zero-order valence-electron chi connectivity index (χ0n) is 12.4. The molecule has 0 unspecified atom stereocenters. The standard InChI is InChI=1S/C16H19F3O2/c1-14(2,3)21-13(20)10-11-4-6-12(7-5-11)15(8-9-15)16(17,18)19/h4-7H,8-10H2,1-3H3. The first-order valence-electron chi connectivity index (χ1n) is 6.91. The van der Waals surface area contributed by atoms with Crippen LogP contribution in [0.15, 0.2) is 24.3 Å². The average Bonchev–Trinajstić information content (AvgIpc) is 3.07. The minimum Gasteiger partial charge on any atom is -0.460 e. The van der Waals surface area contributed by atoms with E-state index in [2.05, 4.69) is 0 Å². The van der Waals surface area contributed by atoms with Crippen LogP contribution in [-0.4, -0.2) is 17.7 Å². The molecule has 2 rings (SSSR count). The van der Waals surface area contributed by atoms with Gasteiger partial charge in [-0.15, -0.1) is 0 Å². The van der Waals surface area contributed by atoms with Crippen molar-refractivity contribution in [3.63, 3.8) is 0 Å². The van der Waals surface area contributed by atoms with E-state index in [0.29, 0.717) is 5.56 Å². The summed E-state index contributed by atoms with van der Waals surface area (Å²) in [6.45, 7) is 5.32. The fourth-order valence-electron chi connectivity index (χ4n) is 2.35. The van der Waals surface area contributed by atoms with Crippen molar-refractivity contribution in [3.05, 3.63) is 35.4 Å². The smallest absolute Gasteiger partial charge is 0.398 e. The van der Waals surface area contributed by atoms with Crippen LogP contribution in [0.2, 0.25) is 0 Å². The lowest BCUT2D eigenvalue weighted by atomic mass is 9.94. The fourth-order valence-corrected chi connectivity index (χ4v) is 2.35. The van der Waals surface area contributed by atoms with Gasteiger partial charge in [-0.2, -0.15) is 13.2 Å². The summed E-state index contributed by atoms with van der Waals surface area (Å²) in [6.07, 6.45) is -3.86. The molecular formula is C16H19F3O2. The summed E-state index contributed by atoms with van der Waals surface area (Å²) >= 11 is 0. The number of ether oxygens (including phenoxy) is 1. The number of hydrogen-bond donors (Lipinski definition) is 0. The van der Waals surface area contributed by atoms with Crippen molar-refractivity contribution < 1.29 is 22.7 Å². The maximum absolute atomic E-state index is 13.0. The molecular weight excluding hydrogens is 281 g/mol. The molecule has 0 aromatic heterocycles. The number of benzene rings is 1. The second-order valence-electron chi connectivity index (χ2n) is 6.54. The molecule has 1 aliphatic carbocycles. The molecule has 0 spiro atoms. The van der Waals surface area contributed by atoms with Gasteiger partial charge in [-0.05, 0) is 44.7 Å². The molecule has 0 amide bonds. The third-order valence-electron chi connectivity index (χ3n) is 3.57. The SMILES string of the molecule is CC(C)(C)OC(=O)Cc1ccc(C2(C(F)(F)F)CC2)cc1. The van der Waals surface area contributed by atoms with E-state index in [0.717, 1.165) is 0 Å². The number of esters is 1. The predicted molar refractivity (Wildman–Crippen MR) is 73.0 cm³/mol. The van der Waals surface area contributed by atoms with E-state index in [1.54, 1.807) is 32.9 Å². The highest BCUT2D eigenvalue weighted by molar-refractivity contribution is 5.73. The predicted octanol–water partition coefficient (Wildman–Crippen LogP) is 4.16. The molecule has 0 heterocycles. The van der Waals surface area contributed by atoms with Gasteiger partial charge in [0.2, 0.25) is 0 Å². The second kappa shape index (κ2) is 5.04. The molecule has 0 bridgehead atoms. The zero-order chi connectivity index (χ0) is 15.9. The van der Waals surface area contributed by atoms with Crippen LogP contribution < -0.4 is 0 Å². The van der Waals surface area contributed by atoms with Gasteiger partial charge < -0.3 is 4.74 Å². The van der Waals surface area contributed by atoms with E-state index in [-0.39, 0.29) is 30.8 Å².